The van der Waals surface area contributed by atoms with Crippen molar-refractivity contribution < 1.29 is 23.6 Å². The third kappa shape index (κ3) is 8.55. The van der Waals surface area contributed by atoms with Crippen LogP contribution in [-0.4, -0.2) is 94.0 Å². The van der Waals surface area contributed by atoms with E-state index in [2.05, 4.69) is 51.1 Å². The maximum absolute atomic E-state index is 12.8. The molecule has 0 radical (unpaired) electrons. The summed E-state index contributed by atoms with van der Waals surface area (Å²) in [6.07, 6.45) is 8.44. The monoisotopic (exact) mass is 626 g/mol. The first-order chi connectivity index (χ1) is 21.5. The van der Waals surface area contributed by atoms with Gasteiger partial charge < -0.3 is 34.0 Å². The van der Waals surface area contributed by atoms with Crippen LogP contribution in [0.5, 0.6) is 5.75 Å². The highest BCUT2D eigenvalue weighted by atomic mass is 16.6. The van der Waals surface area contributed by atoms with Crippen LogP contribution in [0, 0.1) is 11.8 Å². The SMILES string of the molecule is CC(C)c1noc(N2CCC(C(C)CCOc3cnc(N4C[C@H](NC(=O)OC(C)(C)C)[C@@H](N5CCCCC5=O)C4)nc3)CC2)n1. The number of hydrogen-bond donors (Lipinski definition) is 1. The van der Waals surface area contributed by atoms with Crippen molar-refractivity contribution >= 4 is 24.0 Å². The Morgan fingerprint density at radius 2 is 1.80 bits per heavy atom. The van der Waals surface area contributed by atoms with Gasteiger partial charge in [0.2, 0.25) is 11.9 Å². The molecule has 45 heavy (non-hydrogen) atoms. The third-order valence-electron chi connectivity index (χ3n) is 9.05. The summed E-state index contributed by atoms with van der Waals surface area (Å²) in [7, 11) is 0. The van der Waals surface area contributed by atoms with Crippen molar-refractivity contribution in [2.75, 3.05) is 49.1 Å². The summed E-state index contributed by atoms with van der Waals surface area (Å²) in [5, 5.41) is 7.11. The molecule has 0 bridgehead atoms. The highest BCUT2D eigenvalue weighted by molar-refractivity contribution is 5.78. The van der Waals surface area contributed by atoms with Crippen molar-refractivity contribution in [3.63, 3.8) is 0 Å². The first kappa shape index (κ1) is 32.7. The van der Waals surface area contributed by atoms with Crippen molar-refractivity contribution in [1.82, 2.24) is 30.3 Å². The molecule has 13 heteroatoms. The molecule has 0 aliphatic carbocycles. The first-order valence-corrected chi connectivity index (χ1v) is 16.5. The molecule has 1 N–H and O–H groups in total. The number of anilines is 2. The van der Waals surface area contributed by atoms with Gasteiger partial charge in [-0.05, 0) is 64.7 Å². The van der Waals surface area contributed by atoms with Gasteiger partial charge >= 0.3 is 12.1 Å². The lowest BCUT2D eigenvalue weighted by atomic mass is 9.84. The highest BCUT2D eigenvalue weighted by Gasteiger charge is 2.41. The summed E-state index contributed by atoms with van der Waals surface area (Å²) in [6.45, 7) is 16.1. The molecule has 2 aromatic heterocycles. The number of nitrogens with zero attached hydrogens (tertiary/aromatic N) is 7. The third-order valence-corrected chi connectivity index (χ3v) is 9.05. The number of alkyl carbamates (subject to hydrolysis) is 1. The summed E-state index contributed by atoms with van der Waals surface area (Å²) in [5.74, 6) is 3.46. The van der Waals surface area contributed by atoms with Gasteiger partial charge in [0.1, 0.15) is 5.60 Å². The van der Waals surface area contributed by atoms with E-state index in [0.29, 0.717) is 62.2 Å². The molecule has 0 spiro atoms. The van der Waals surface area contributed by atoms with E-state index < -0.39 is 11.7 Å². The number of likely N-dealkylation sites (tertiary alicyclic amines) is 1. The van der Waals surface area contributed by atoms with E-state index in [0.717, 1.165) is 51.0 Å². The Morgan fingerprint density at radius 3 is 2.44 bits per heavy atom. The maximum atomic E-state index is 12.8. The van der Waals surface area contributed by atoms with Crippen LogP contribution in [-0.2, 0) is 9.53 Å². The molecule has 3 saturated heterocycles. The van der Waals surface area contributed by atoms with Gasteiger partial charge in [0, 0.05) is 45.1 Å². The van der Waals surface area contributed by atoms with Crippen LogP contribution in [0.2, 0.25) is 0 Å². The molecule has 3 aliphatic heterocycles. The summed E-state index contributed by atoms with van der Waals surface area (Å²) >= 11 is 0. The van der Waals surface area contributed by atoms with Gasteiger partial charge in [0.15, 0.2) is 11.6 Å². The van der Waals surface area contributed by atoms with E-state index in [1.54, 1.807) is 12.4 Å². The molecule has 3 fully saturated rings. The number of rotatable bonds is 10. The second kappa shape index (κ2) is 14.2. The summed E-state index contributed by atoms with van der Waals surface area (Å²) < 4.78 is 17.0. The minimum Gasteiger partial charge on any atom is -0.490 e. The summed E-state index contributed by atoms with van der Waals surface area (Å²) in [4.78, 5) is 45.3. The molecule has 5 heterocycles. The highest BCUT2D eigenvalue weighted by Crippen LogP contribution is 2.30. The fourth-order valence-corrected chi connectivity index (χ4v) is 6.44. The van der Waals surface area contributed by atoms with Crippen LogP contribution in [0.15, 0.2) is 16.9 Å². The number of amides is 2. The van der Waals surface area contributed by atoms with E-state index in [1.807, 2.05) is 30.6 Å². The number of carbonyl (C=O) groups excluding carboxylic acids is 2. The zero-order chi connectivity index (χ0) is 32.1. The predicted molar refractivity (Wildman–Crippen MR) is 169 cm³/mol. The lowest BCUT2D eigenvalue weighted by Crippen LogP contribution is -2.54. The van der Waals surface area contributed by atoms with E-state index in [-0.39, 0.29) is 23.9 Å². The number of carbonyl (C=O) groups is 2. The molecule has 248 valence electrons. The minimum absolute atomic E-state index is 0.126. The average Bonchev–Trinajstić information content (AvgIpc) is 3.65. The van der Waals surface area contributed by atoms with E-state index in [1.165, 1.54) is 0 Å². The molecule has 3 atom stereocenters. The molecule has 1 unspecified atom stereocenters. The Kier molecular flexibility index (Phi) is 10.3. The molecular formula is C32H50N8O5. The van der Waals surface area contributed by atoms with Gasteiger partial charge in [-0.25, -0.2) is 14.8 Å². The number of piperidine rings is 2. The lowest BCUT2D eigenvalue weighted by molar-refractivity contribution is -0.135. The minimum atomic E-state index is -0.610. The number of aromatic nitrogens is 4. The Balaban J connectivity index is 1.10. The van der Waals surface area contributed by atoms with Gasteiger partial charge in [-0.1, -0.05) is 25.9 Å². The largest absolute Gasteiger partial charge is 0.490 e. The predicted octanol–water partition coefficient (Wildman–Crippen LogP) is 4.40. The maximum Gasteiger partial charge on any atom is 0.408 e. The van der Waals surface area contributed by atoms with Crippen molar-refractivity contribution in [2.24, 2.45) is 11.8 Å². The molecule has 2 aromatic rings. The van der Waals surface area contributed by atoms with E-state index in [4.69, 9.17) is 14.0 Å². The molecule has 0 aromatic carbocycles. The van der Waals surface area contributed by atoms with Gasteiger partial charge in [-0.2, -0.15) is 4.98 Å². The molecule has 0 saturated carbocycles. The average molecular weight is 627 g/mol. The molecule has 5 rings (SSSR count). The molecule has 3 aliphatic rings. The molecule has 13 nitrogen and oxygen atoms in total. The lowest BCUT2D eigenvalue weighted by Gasteiger charge is -2.35. The van der Waals surface area contributed by atoms with Crippen molar-refractivity contribution in [1.29, 1.82) is 0 Å². The Morgan fingerprint density at radius 1 is 1.07 bits per heavy atom. The standard InChI is InChI=1S/C32H50N8O5/c1-21(2)28-36-30(45-37-28)38-14-10-23(11-15-38)22(3)12-16-43-24-17-33-29(34-18-24)39-19-25(35-31(42)44-32(4,5)6)26(20-39)40-13-8-7-9-27(40)41/h17-18,21-23,25-26H,7-16,19-20H2,1-6H3,(H,35,42)/t22?,25-,26-/m0/s1. The first-order valence-electron chi connectivity index (χ1n) is 16.5. The molecule has 2 amide bonds. The number of hydrogen-bond acceptors (Lipinski definition) is 11. The smallest absolute Gasteiger partial charge is 0.408 e. The van der Waals surface area contributed by atoms with Crippen LogP contribution < -0.4 is 19.9 Å². The van der Waals surface area contributed by atoms with Gasteiger partial charge in [0.05, 0.1) is 31.1 Å². The van der Waals surface area contributed by atoms with E-state index in [9.17, 15) is 9.59 Å². The van der Waals surface area contributed by atoms with Crippen molar-refractivity contribution in [3.8, 4) is 5.75 Å². The fourth-order valence-electron chi connectivity index (χ4n) is 6.44. The zero-order valence-corrected chi connectivity index (χ0v) is 27.7. The van der Waals surface area contributed by atoms with Crippen molar-refractivity contribution in [3.05, 3.63) is 18.2 Å². The van der Waals surface area contributed by atoms with Crippen LogP contribution >= 0.6 is 0 Å². The Bertz CT molecular complexity index is 1270. The van der Waals surface area contributed by atoms with E-state index >= 15 is 0 Å². The normalized spacial score (nSPS) is 22.2. The fraction of sp³-hybridized carbons (Fsp3) is 0.750. The number of nitrogens with one attached hydrogen (secondary N) is 1. The second-order valence-corrected chi connectivity index (χ2v) is 14.0. The van der Waals surface area contributed by atoms with Gasteiger partial charge in [-0.15, -0.1) is 0 Å². The summed E-state index contributed by atoms with van der Waals surface area (Å²) in [6, 6.07) is 0.165. The molecular weight excluding hydrogens is 576 g/mol. The quantitative estimate of drug-likeness (QED) is 0.401. The van der Waals surface area contributed by atoms with Crippen LogP contribution in [0.4, 0.5) is 16.8 Å². The second-order valence-electron chi connectivity index (χ2n) is 14.0. The Labute approximate surface area is 266 Å². The van der Waals surface area contributed by atoms with Gasteiger partial charge in [-0.3, -0.25) is 4.79 Å². The number of ether oxygens (including phenoxy) is 2. The Hall–Kier alpha value is -3.64. The van der Waals surface area contributed by atoms with Gasteiger partial charge in [0.25, 0.3) is 0 Å². The summed E-state index contributed by atoms with van der Waals surface area (Å²) in [5.41, 5.74) is -0.610. The van der Waals surface area contributed by atoms with Crippen molar-refractivity contribution in [2.45, 2.75) is 104 Å². The zero-order valence-electron chi connectivity index (χ0n) is 27.7. The topological polar surface area (TPSA) is 139 Å². The van der Waals surface area contributed by atoms with Crippen LogP contribution in [0.25, 0.3) is 0 Å². The van der Waals surface area contributed by atoms with Crippen LogP contribution in [0.1, 0.15) is 91.8 Å². The van der Waals surface area contributed by atoms with Crippen LogP contribution in [0.3, 0.4) is 0 Å².